The molecule has 0 saturated carbocycles. The van der Waals surface area contributed by atoms with Crippen LogP contribution >= 0.6 is 0 Å². The molecule has 1 nitrogen and oxygen atoms in total. The first-order valence-electron chi connectivity index (χ1n) is 6.13. The lowest BCUT2D eigenvalue weighted by Crippen LogP contribution is -2.11. The highest BCUT2D eigenvalue weighted by Gasteiger charge is 2.28. The van der Waals surface area contributed by atoms with Gasteiger partial charge >= 0.3 is 0 Å². The lowest BCUT2D eigenvalue weighted by Gasteiger charge is -2.11. The topological polar surface area (TPSA) is 26.0 Å². The van der Waals surface area contributed by atoms with Gasteiger partial charge in [0.2, 0.25) is 0 Å². The molecule has 1 heteroatoms. The van der Waals surface area contributed by atoms with Gasteiger partial charge in [0.1, 0.15) is 0 Å². The summed E-state index contributed by atoms with van der Waals surface area (Å²) in [6.45, 7) is 5.07. The summed E-state index contributed by atoms with van der Waals surface area (Å²) in [5.41, 5.74) is 14.3. The molecule has 0 aromatic heterocycles. The summed E-state index contributed by atoms with van der Waals surface area (Å²) in [6.07, 6.45) is 0. The van der Waals surface area contributed by atoms with Crippen LogP contribution in [0.5, 0.6) is 0 Å². The van der Waals surface area contributed by atoms with Crippen molar-refractivity contribution in [3.05, 3.63) is 58.7 Å². The molecule has 1 aliphatic carbocycles. The van der Waals surface area contributed by atoms with Crippen LogP contribution in [0.15, 0.2) is 36.4 Å². The molecule has 0 fully saturated rings. The number of benzene rings is 2. The molecule has 0 amide bonds. The molecule has 2 aromatic rings. The second-order valence-electron chi connectivity index (χ2n) is 4.85. The van der Waals surface area contributed by atoms with Gasteiger partial charge in [0.15, 0.2) is 0 Å². The molecule has 0 bridgehead atoms. The van der Waals surface area contributed by atoms with Gasteiger partial charge in [0.25, 0.3) is 0 Å². The molecule has 2 aromatic carbocycles. The highest BCUT2D eigenvalue weighted by atomic mass is 14.6. The number of nitrogens with two attached hydrogens (primary N) is 1. The SMILES string of the molecule is Cc1ccc2c(c1C)-c1ccccc1C2CN. The summed E-state index contributed by atoms with van der Waals surface area (Å²) in [5.74, 6) is 0.375. The van der Waals surface area contributed by atoms with Gasteiger partial charge in [-0.15, -0.1) is 0 Å². The van der Waals surface area contributed by atoms with Gasteiger partial charge < -0.3 is 5.73 Å². The van der Waals surface area contributed by atoms with Gasteiger partial charge in [0.05, 0.1) is 0 Å². The Hall–Kier alpha value is -1.60. The molecule has 0 spiro atoms. The molecule has 2 N–H and O–H groups in total. The van der Waals surface area contributed by atoms with Gasteiger partial charge in [-0.1, -0.05) is 36.4 Å². The fourth-order valence-corrected chi connectivity index (χ4v) is 2.93. The first-order valence-corrected chi connectivity index (χ1v) is 6.13. The first-order chi connectivity index (χ1) is 8.24. The Morgan fingerprint density at radius 2 is 1.76 bits per heavy atom. The average molecular weight is 223 g/mol. The largest absolute Gasteiger partial charge is 0.330 e. The molecule has 0 saturated heterocycles. The van der Waals surface area contributed by atoms with Crippen LogP contribution in [0.25, 0.3) is 11.1 Å². The molecular formula is C16H17N. The van der Waals surface area contributed by atoms with Gasteiger partial charge in [-0.3, -0.25) is 0 Å². The molecule has 1 unspecified atom stereocenters. The van der Waals surface area contributed by atoms with Crippen LogP contribution in [-0.4, -0.2) is 6.54 Å². The van der Waals surface area contributed by atoms with Crippen molar-refractivity contribution in [3.8, 4) is 11.1 Å². The van der Waals surface area contributed by atoms with Crippen molar-refractivity contribution in [1.82, 2.24) is 0 Å². The molecule has 0 radical (unpaired) electrons. The summed E-state index contributed by atoms with van der Waals surface area (Å²) in [7, 11) is 0. The van der Waals surface area contributed by atoms with Crippen LogP contribution in [0.1, 0.15) is 28.2 Å². The van der Waals surface area contributed by atoms with Gasteiger partial charge in [0, 0.05) is 12.5 Å². The Kier molecular flexibility index (Phi) is 2.30. The first kappa shape index (κ1) is 10.5. The van der Waals surface area contributed by atoms with E-state index >= 15 is 0 Å². The highest BCUT2D eigenvalue weighted by molar-refractivity contribution is 5.82. The van der Waals surface area contributed by atoms with Crippen LogP contribution in [-0.2, 0) is 0 Å². The smallest absolute Gasteiger partial charge is 0.0224 e. The summed E-state index contributed by atoms with van der Waals surface area (Å²) in [5, 5.41) is 0. The molecule has 0 heterocycles. The van der Waals surface area contributed by atoms with Crippen molar-refractivity contribution >= 4 is 0 Å². The normalized spacial score (nSPS) is 16.8. The average Bonchev–Trinajstić information content (AvgIpc) is 2.68. The minimum Gasteiger partial charge on any atom is -0.330 e. The zero-order chi connectivity index (χ0) is 12.0. The minimum atomic E-state index is 0.375. The van der Waals surface area contributed by atoms with E-state index in [1.54, 1.807) is 0 Å². The third-order valence-corrected chi connectivity index (χ3v) is 3.98. The van der Waals surface area contributed by atoms with Crippen molar-refractivity contribution in [2.75, 3.05) is 6.54 Å². The third-order valence-electron chi connectivity index (χ3n) is 3.98. The van der Waals surface area contributed by atoms with Crippen molar-refractivity contribution in [2.24, 2.45) is 5.73 Å². The van der Waals surface area contributed by atoms with E-state index in [2.05, 4.69) is 50.2 Å². The monoisotopic (exact) mass is 223 g/mol. The Balaban J connectivity index is 2.36. The molecule has 17 heavy (non-hydrogen) atoms. The zero-order valence-corrected chi connectivity index (χ0v) is 10.3. The van der Waals surface area contributed by atoms with Crippen molar-refractivity contribution in [1.29, 1.82) is 0 Å². The molecule has 1 aliphatic rings. The van der Waals surface area contributed by atoms with E-state index in [0.29, 0.717) is 12.5 Å². The van der Waals surface area contributed by atoms with Crippen LogP contribution in [0.4, 0.5) is 0 Å². The van der Waals surface area contributed by atoms with Crippen LogP contribution in [0.3, 0.4) is 0 Å². The second-order valence-corrected chi connectivity index (χ2v) is 4.85. The number of hydrogen-bond acceptors (Lipinski definition) is 1. The second kappa shape index (κ2) is 3.71. The van der Waals surface area contributed by atoms with Crippen molar-refractivity contribution in [2.45, 2.75) is 19.8 Å². The number of rotatable bonds is 1. The Bertz CT molecular complexity index is 584. The molecule has 3 rings (SSSR count). The minimum absolute atomic E-state index is 0.375. The maximum absolute atomic E-state index is 5.95. The summed E-state index contributed by atoms with van der Waals surface area (Å²) in [6, 6.07) is 13.1. The summed E-state index contributed by atoms with van der Waals surface area (Å²) in [4.78, 5) is 0. The van der Waals surface area contributed by atoms with Crippen LogP contribution in [0.2, 0.25) is 0 Å². The van der Waals surface area contributed by atoms with E-state index in [1.165, 1.54) is 33.4 Å². The van der Waals surface area contributed by atoms with Crippen molar-refractivity contribution in [3.63, 3.8) is 0 Å². The maximum atomic E-state index is 5.95. The predicted octanol–water partition coefficient (Wildman–Crippen LogP) is 3.37. The van der Waals surface area contributed by atoms with E-state index in [0.717, 1.165) is 0 Å². The molecule has 0 aliphatic heterocycles. The quantitative estimate of drug-likeness (QED) is 0.788. The standard InChI is InChI=1S/C16H17N/c1-10-7-8-14-15(9-17)12-5-3-4-6-13(12)16(14)11(10)2/h3-8,15H,9,17H2,1-2H3. The molecular weight excluding hydrogens is 206 g/mol. The van der Waals surface area contributed by atoms with E-state index < -0.39 is 0 Å². The lowest BCUT2D eigenvalue weighted by atomic mass is 9.94. The van der Waals surface area contributed by atoms with E-state index in [1.807, 2.05) is 0 Å². The van der Waals surface area contributed by atoms with E-state index in [9.17, 15) is 0 Å². The Morgan fingerprint density at radius 3 is 2.53 bits per heavy atom. The highest BCUT2D eigenvalue weighted by Crippen LogP contribution is 2.46. The number of fused-ring (bicyclic) bond motifs is 3. The van der Waals surface area contributed by atoms with Gasteiger partial charge in [-0.25, -0.2) is 0 Å². The fourth-order valence-electron chi connectivity index (χ4n) is 2.93. The predicted molar refractivity (Wildman–Crippen MR) is 72.2 cm³/mol. The van der Waals surface area contributed by atoms with Gasteiger partial charge in [-0.05, 0) is 47.2 Å². The van der Waals surface area contributed by atoms with E-state index in [4.69, 9.17) is 5.73 Å². The maximum Gasteiger partial charge on any atom is 0.0224 e. The number of aryl methyl sites for hydroxylation is 1. The van der Waals surface area contributed by atoms with Gasteiger partial charge in [-0.2, -0.15) is 0 Å². The fraction of sp³-hybridized carbons (Fsp3) is 0.250. The Morgan fingerprint density at radius 1 is 1.00 bits per heavy atom. The third kappa shape index (κ3) is 1.36. The van der Waals surface area contributed by atoms with E-state index in [-0.39, 0.29) is 0 Å². The number of hydrogen-bond donors (Lipinski definition) is 1. The Labute approximate surface area is 102 Å². The lowest BCUT2D eigenvalue weighted by molar-refractivity contribution is 0.840. The molecule has 1 atom stereocenters. The summed E-state index contributed by atoms with van der Waals surface area (Å²) >= 11 is 0. The molecule has 86 valence electrons. The van der Waals surface area contributed by atoms with Crippen molar-refractivity contribution < 1.29 is 0 Å². The van der Waals surface area contributed by atoms with Crippen LogP contribution < -0.4 is 5.73 Å². The van der Waals surface area contributed by atoms with Crippen LogP contribution in [0, 0.1) is 13.8 Å². The summed E-state index contributed by atoms with van der Waals surface area (Å²) < 4.78 is 0. The zero-order valence-electron chi connectivity index (χ0n) is 10.3.